The van der Waals surface area contributed by atoms with Crippen molar-refractivity contribution in [2.75, 3.05) is 6.61 Å². The number of allylic oxidation sites excluding steroid dienone is 2. The highest BCUT2D eigenvalue weighted by molar-refractivity contribution is 5.11. The molecule has 2 nitrogen and oxygen atoms in total. The first kappa shape index (κ1) is 10.2. The third kappa shape index (κ3) is 1.51. The molecular formula is C12H20O2. The van der Waals surface area contributed by atoms with Crippen molar-refractivity contribution in [1.82, 2.24) is 0 Å². The molecule has 80 valence electrons. The second-order valence-electron chi connectivity index (χ2n) is 4.86. The van der Waals surface area contributed by atoms with E-state index in [1.165, 1.54) is 5.57 Å². The minimum atomic E-state index is -0.546. The maximum absolute atomic E-state index is 9.99. The highest BCUT2D eigenvalue weighted by atomic mass is 16.6. The first-order valence-electron chi connectivity index (χ1n) is 5.62. The van der Waals surface area contributed by atoms with Gasteiger partial charge in [0.1, 0.15) is 0 Å². The standard InChI is InChI=1S/C12H20O2/c1-9-4-6-12(10(2)8-9)5-3-7-14-11(12)13/h8,10-11,13H,3-7H2,1-2H3/t10-,11?,12+/m1/s1. The van der Waals surface area contributed by atoms with Gasteiger partial charge >= 0.3 is 0 Å². The SMILES string of the molecule is CC1=C[C@@H](C)[C@]2(CCCOC2O)CC1. The van der Waals surface area contributed by atoms with Gasteiger partial charge in [-0.15, -0.1) is 0 Å². The van der Waals surface area contributed by atoms with E-state index >= 15 is 0 Å². The average molecular weight is 196 g/mol. The van der Waals surface area contributed by atoms with E-state index in [0.717, 1.165) is 32.3 Å². The monoisotopic (exact) mass is 196 g/mol. The summed E-state index contributed by atoms with van der Waals surface area (Å²) in [5, 5.41) is 9.99. The van der Waals surface area contributed by atoms with Crippen molar-refractivity contribution in [3.05, 3.63) is 11.6 Å². The van der Waals surface area contributed by atoms with Crippen LogP contribution in [0.15, 0.2) is 11.6 Å². The van der Waals surface area contributed by atoms with Gasteiger partial charge in [0.2, 0.25) is 0 Å². The Morgan fingerprint density at radius 1 is 1.50 bits per heavy atom. The normalized spacial score (nSPS) is 43.8. The van der Waals surface area contributed by atoms with E-state index in [-0.39, 0.29) is 5.41 Å². The summed E-state index contributed by atoms with van der Waals surface area (Å²) >= 11 is 0. The molecule has 1 aliphatic carbocycles. The fourth-order valence-electron chi connectivity index (χ4n) is 2.92. The third-order valence-corrected chi connectivity index (χ3v) is 3.98. The van der Waals surface area contributed by atoms with Crippen molar-refractivity contribution in [3.63, 3.8) is 0 Å². The Labute approximate surface area is 86.0 Å². The summed E-state index contributed by atoms with van der Waals surface area (Å²) in [5.74, 6) is 0.451. The van der Waals surface area contributed by atoms with Gasteiger partial charge in [0.15, 0.2) is 6.29 Å². The molecule has 1 fully saturated rings. The van der Waals surface area contributed by atoms with Crippen LogP contribution in [0.1, 0.15) is 39.5 Å². The Bertz CT molecular complexity index is 247. The summed E-state index contributed by atoms with van der Waals surface area (Å²) < 4.78 is 5.40. The van der Waals surface area contributed by atoms with E-state index in [0.29, 0.717) is 5.92 Å². The lowest BCUT2D eigenvalue weighted by molar-refractivity contribution is -0.218. The number of ether oxygens (including phenoxy) is 1. The van der Waals surface area contributed by atoms with Crippen molar-refractivity contribution in [2.24, 2.45) is 11.3 Å². The van der Waals surface area contributed by atoms with Gasteiger partial charge in [-0.2, -0.15) is 0 Å². The molecule has 1 N–H and O–H groups in total. The Balaban J connectivity index is 2.22. The second kappa shape index (κ2) is 3.67. The molecule has 0 bridgehead atoms. The van der Waals surface area contributed by atoms with E-state index in [1.54, 1.807) is 0 Å². The fraction of sp³-hybridized carbons (Fsp3) is 0.833. The molecule has 0 aromatic heterocycles. The fourth-order valence-corrected chi connectivity index (χ4v) is 2.92. The first-order chi connectivity index (χ1) is 6.65. The van der Waals surface area contributed by atoms with Gasteiger partial charge in [0.25, 0.3) is 0 Å². The Kier molecular flexibility index (Phi) is 2.67. The first-order valence-corrected chi connectivity index (χ1v) is 5.62. The molecule has 1 saturated heterocycles. The van der Waals surface area contributed by atoms with Crippen LogP contribution in [0.3, 0.4) is 0 Å². The van der Waals surface area contributed by atoms with Crippen molar-refractivity contribution >= 4 is 0 Å². The van der Waals surface area contributed by atoms with E-state index in [9.17, 15) is 5.11 Å². The van der Waals surface area contributed by atoms with E-state index < -0.39 is 6.29 Å². The van der Waals surface area contributed by atoms with Crippen LogP contribution in [0.4, 0.5) is 0 Å². The summed E-state index contributed by atoms with van der Waals surface area (Å²) in [7, 11) is 0. The minimum absolute atomic E-state index is 0.0117. The molecule has 3 atom stereocenters. The van der Waals surface area contributed by atoms with Crippen LogP contribution in [0, 0.1) is 11.3 Å². The molecule has 2 aliphatic rings. The predicted molar refractivity (Wildman–Crippen MR) is 55.8 cm³/mol. The van der Waals surface area contributed by atoms with Gasteiger partial charge in [-0.25, -0.2) is 0 Å². The van der Waals surface area contributed by atoms with Crippen molar-refractivity contribution in [3.8, 4) is 0 Å². The molecule has 0 saturated carbocycles. The lowest BCUT2D eigenvalue weighted by Gasteiger charge is -2.47. The topological polar surface area (TPSA) is 29.5 Å². The molecule has 1 aliphatic heterocycles. The van der Waals surface area contributed by atoms with Gasteiger partial charge in [-0.05, 0) is 38.5 Å². The molecular weight excluding hydrogens is 176 g/mol. The number of aliphatic hydroxyl groups excluding tert-OH is 1. The Hall–Kier alpha value is -0.340. The van der Waals surface area contributed by atoms with Gasteiger partial charge < -0.3 is 9.84 Å². The van der Waals surface area contributed by atoms with Crippen LogP contribution in [0.25, 0.3) is 0 Å². The molecule has 2 rings (SSSR count). The summed E-state index contributed by atoms with van der Waals surface area (Å²) in [4.78, 5) is 0. The average Bonchev–Trinajstić information content (AvgIpc) is 2.15. The molecule has 1 unspecified atom stereocenters. The molecule has 0 amide bonds. The molecule has 1 spiro atoms. The van der Waals surface area contributed by atoms with Crippen molar-refractivity contribution in [1.29, 1.82) is 0 Å². The predicted octanol–water partition coefficient (Wildman–Crippen LogP) is 2.48. The summed E-state index contributed by atoms with van der Waals surface area (Å²) in [6.45, 7) is 5.11. The highest BCUT2D eigenvalue weighted by Gasteiger charge is 2.45. The smallest absolute Gasteiger partial charge is 0.160 e. The zero-order chi connectivity index (χ0) is 10.2. The van der Waals surface area contributed by atoms with Crippen LogP contribution in [-0.4, -0.2) is 18.0 Å². The third-order valence-electron chi connectivity index (χ3n) is 3.98. The number of aliphatic hydroxyl groups is 1. The molecule has 2 heteroatoms. The second-order valence-corrected chi connectivity index (χ2v) is 4.86. The van der Waals surface area contributed by atoms with Gasteiger partial charge in [0.05, 0.1) is 0 Å². The highest BCUT2D eigenvalue weighted by Crippen LogP contribution is 2.48. The van der Waals surface area contributed by atoms with E-state index in [4.69, 9.17) is 4.74 Å². The molecule has 0 aromatic carbocycles. The van der Waals surface area contributed by atoms with Crippen LogP contribution < -0.4 is 0 Å². The summed E-state index contributed by atoms with van der Waals surface area (Å²) in [5.41, 5.74) is 1.47. The minimum Gasteiger partial charge on any atom is -0.367 e. The number of hydrogen-bond donors (Lipinski definition) is 1. The number of rotatable bonds is 0. The van der Waals surface area contributed by atoms with Crippen molar-refractivity contribution in [2.45, 2.75) is 45.8 Å². The van der Waals surface area contributed by atoms with Crippen LogP contribution in [0.2, 0.25) is 0 Å². The van der Waals surface area contributed by atoms with Crippen LogP contribution >= 0.6 is 0 Å². The maximum Gasteiger partial charge on any atom is 0.160 e. The summed E-state index contributed by atoms with van der Waals surface area (Å²) in [6, 6.07) is 0. The summed E-state index contributed by atoms with van der Waals surface area (Å²) in [6.07, 6.45) is 6.16. The lowest BCUT2D eigenvalue weighted by atomic mass is 9.64. The Morgan fingerprint density at radius 2 is 2.29 bits per heavy atom. The zero-order valence-corrected chi connectivity index (χ0v) is 9.12. The number of hydrogen-bond acceptors (Lipinski definition) is 2. The van der Waals surface area contributed by atoms with Crippen LogP contribution in [-0.2, 0) is 4.74 Å². The molecule has 1 heterocycles. The van der Waals surface area contributed by atoms with E-state index in [2.05, 4.69) is 19.9 Å². The lowest BCUT2D eigenvalue weighted by Crippen LogP contribution is -2.46. The maximum atomic E-state index is 9.99. The molecule has 0 radical (unpaired) electrons. The largest absolute Gasteiger partial charge is 0.367 e. The molecule has 14 heavy (non-hydrogen) atoms. The van der Waals surface area contributed by atoms with E-state index in [1.807, 2.05) is 0 Å². The van der Waals surface area contributed by atoms with Gasteiger partial charge in [-0.3, -0.25) is 0 Å². The van der Waals surface area contributed by atoms with Crippen molar-refractivity contribution < 1.29 is 9.84 Å². The van der Waals surface area contributed by atoms with Gasteiger partial charge in [0, 0.05) is 12.0 Å². The quantitative estimate of drug-likeness (QED) is 0.603. The van der Waals surface area contributed by atoms with Gasteiger partial charge in [-0.1, -0.05) is 18.6 Å². The Morgan fingerprint density at radius 3 is 2.93 bits per heavy atom. The molecule has 0 aromatic rings. The van der Waals surface area contributed by atoms with Crippen LogP contribution in [0.5, 0.6) is 0 Å². The zero-order valence-electron chi connectivity index (χ0n) is 9.12.